The highest BCUT2D eigenvalue weighted by Crippen LogP contribution is 2.33. The van der Waals surface area contributed by atoms with Crippen LogP contribution in [-0.2, 0) is 4.79 Å². The second-order valence-electron chi connectivity index (χ2n) is 6.05. The zero-order valence-corrected chi connectivity index (χ0v) is 16.2. The molecule has 0 bridgehead atoms. The van der Waals surface area contributed by atoms with E-state index in [2.05, 4.69) is 5.32 Å². The fourth-order valence-corrected chi connectivity index (χ4v) is 2.35. The van der Waals surface area contributed by atoms with Gasteiger partial charge < -0.3 is 24.4 Å². The first-order valence-electron chi connectivity index (χ1n) is 8.33. The monoisotopic (exact) mass is 372 g/mol. The minimum atomic E-state index is -0.349. The number of anilines is 1. The number of para-hydroxylation sites is 1. The number of aryl methyl sites for hydroxylation is 1. The second kappa shape index (κ2) is 8.93. The van der Waals surface area contributed by atoms with Gasteiger partial charge in [-0.15, -0.1) is 0 Å². The normalized spacial score (nSPS) is 10.1. The van der Waals surface area contributed by atoms with Crippen LogP contribution in [0.4, 0.5) is 5.69 Å². The third kappa shape index (κ3) is 4.91. The van der Waals surface area contributed by atoms with E-state index in [0.29, 0.717) is 28.5 Å². The molecular formula is C20H24N2O5. The Hall–Kier alpha value is -3.22. The number of nitrogens with zero attached hydrogens (tertiary/aromatic N) is 1. The summed E-state index contributed by atoms with van der Waals surface area (Å²) < 4.78 is 16.1. The van der Waals surface area contributed by atoms with Crippen LogP contribution in [0, 0.1) is 6.92 Å². The Bertz CT molecular complexity index is 833. The summed E-state index contributed by atoms with van der Waals surface area (Å²) in [5.41, 5.74) is 1.75. The zero-order valence-electron chi connectivity index (χ0n) is 16.2. The lowest BCUT2D eigenvalue weighted by Gasteiger charge is -2.16. The number of benzene rings is 2. The van der Waals surface area contributed by atoms with Crippen LogP contribution in [0.1, 0.15) is 15.9 Å². The van der Waals surface area contributed by atoms with Gasteiger partial charge in [-0.1, -0.05) is 12.1 Å². The summed E-state index contributed by atoms with van der Waals surface area (Å²) in [5, 5.41) is 2.85. The molecule has 0 atom stereocenters. The summed E-state index contributed by atoms with van der Waals surface area (Å²) in [6.45, 7) is 1.71. The van der Waals surface area contributed by atoms with Gasteiger partial charge in [-0.05, 0) is 30.7 Å². The van der Waals surface area contributed by atoms with Gasteiger partial charge in [0.25, 0.3) is 11.8 Å². The topological polar surface area (TPSA) is 77.1 Å². The van der Waals surface area contributed by atoms with Crippen LogP contribution in [0.3, 0.4) is 0 Å². The Morgan fingerprint density at radius 2 is 1.63 bits per heavy atom. The van der Waals surface area contributed by atoms with E-state index in [4.69, 9.17) is 14.2 Å². The number of rotatable bonds is 7. The third-order valence-electron chi connectivity index (χ3n) is 3.96. The number of likely N-dealkylation sites (N-methyl/N-ethyl adjacent to an activating group) is 1. The molecule has 7 nitrogen and oxygen atoms in total. The molecule has 27 heavy (non-hydrogen) atoms. The van der Waals surface area contributed by atoms with Gasteiger partial charge in [0.15, 0.2) is 18.1 Å². The first kappa shape index (κ1) is 20.1. The first-order valence-corrected chi connectivity index (χ1v) is 8.33. The van der Waals surface area contributed by atoms with Crippen molar-refractivity contribution in [1.29, 1.82) is 0 Å². The molecule has 0 aliphatic rings. The predicted octanol–water partition coefficient (Wildman–Crippen LogP) is 2.73. The zero-order chi connectivity index (χ0) is 20.0. The summed E-state index contributed by atoms with van der Waals surface area (Å²) >= 11 is 0. The summed E-state index contributed by atoms with van der Waals surface area (Å²) in [6.07, 6.45) is 0. The molecule has 0 aliphatic heterocycles. The standard InChI is InChI=1S/C20H24N2O5/c1-13-10-17(25-4)18(26-5)11-15(13)21-20(24)14-8-6-7-9-16(14)27-12-19(23)22(2)3/h6-11H,12H2,1-5H3,(H,21,24). The molecule has 0 radical (unpaired) electrons. The molecule has 0 saturated heterocycles. The minimum absolute atomic E-state index is 0.146. The van der Waals surface area contributed by atoms with Crippen LogP contribution in [0.5, 0.6) is 17.2 Å². The van der Waals surface area contributed by atoms with Crippen molar-refractivity contribution in [2.45, 2.75) is 6.92 Å². The number of hydrogen-bond donors (Lipinski definition) is 1. The molecule has 2 aromatic rings. The predicted molar refractivity (Wildman–Crippen MR) is 103 cm³/mol. The number of amides is 2. The first-order chi connectivity index (χ1) is 12.9. The number of carbonyl (C=O) groups is 2. The maximum Gasteiger partial charge on any atom is 0.259 e. The molecule has 144 valence electrons. The molecule has 0 heterocycles. The van der Waals surface area contributed by atoms with E-state index < -0.39 is 0 Å². The average molecular weight is 372 g/mol. The van der Waals surface area contributed by atoms with Crippen molar-refractivity contribution in [3.05, 3.63) is 47.5 Å². The SMILES string of the molecule is COc1cc(C)c(NC(=O)c2ccccc2OCC(=O)N(C)C)cc1OC. The lowest BCUT2D eigenvalue weighted by molar-refractivity contribution is -0.130. The van der Waals surface area contributed by atoms with Gasteiger partial charge >= 0.3 is 0 Å². The van der Waals surface area contributed by atoms with Gasteiger partial charge in [0.1, 0.15) is 5.75 Å². The minimum Gasteiger partial charge on any atom is -0.493 e. The highest BCUT2D eigenvalue weighted by molar-refractivity contribution is 6.06. The van der Waals surface area contributed by atoms with Gasteiger partial charge in [0.05, 0.1) is 19.8 Å². The molecule has 7 heteroatoms. The van der Waals surface area contributed by atoms with Crippen molar-refractivity contribution < 1.29 is 23.8 Å². The largest absolute Gasteiger partial charge is 0.493 e. The molecule has 2 aromatic carbocycles. The van der Waals surface area contributed by atoms with Crippen LogP contribution in [0.15, 0.2) is 36.4 Å². The second-order valence-corrected chi connectivity index (χ2v) is 6.05. The molecule has 0 spiro atoms. The Kier molecular flexibility index (Phi) is 6.65. The van der Waals surface area contributed by atoms with Gasteiger partial charge in [-0.3, -0.25) is 9.59 Å². The Morgan fingerprint density at radius 3 is 2.26 bits per heavy atom. The molecule has 2 rings (SSSR count). The Morgan fingerprint density at radius 1 is 1.00 bits per heavy atom. The molecule has 0 aromatic heterocycles. The van der Waals surface area contributed by atoms with Gasteiger partial charge in [-0.25, -0.2) is 0 Å². The van der Waals surface area contributed by atoms with Crippen LogP contribution in [0.2, 0.25) is 0 Å². The lowest BCUT2D eigenvalue weighted by Crippen LogP contribution is -2.28. The summed E-state index contributed by atoms with van der Waals surface area (Å²) in [6, 6.07) is 10.3. The smallest absolute Gasteiger partial charge is 0.259 e. The van der Waals surface area contributed by atoms with Gasteiger partial charge in [0, 0.05) is 25.8 Å². The number of methoxy groups -OCH3 is 2. The lowest BCUT2D eigenvalue weighted by atomic mass is 10.1. The van der Waals surface area contributed by atoms with Crippen molar-refractivity contribution in [2.24, 2.45) is 0 Å². The van der Waals surface area contributed by atoms with E-state index in [9.17, 15) is 9.59 Å². The maximum absolute atomic E-state index is 12.8. The summed E-state index contributed by atoms with van der Waals surface area (Å²) in [5.74, 6) is 0.890. The van der Waals surface area contributed by atoms with Crippen LogP contribution in [-0.4, -0.2) is 51.6 Å². The van der Waals surface area contributed by atoms with Crippen molar-refractivity contribution in [3.8, 4) is 17.2 Å². The van der Waals surface area contributed by atoms with E-state index in [1.807, 2.05) is 6.92 Å². The van der Waals surface area contributed by atoms with Gasteiger partial charge in [-0.2, -0.15) is 0 Å². The molecule has 0 unspecified atom stereocenters. The fraction of sp³-hybridized carbons (Fsp3) is 0.300. The van der Waals surface area contributed by atoms with Gasteiger partial charge in [0.2, 0.25) is 0 Å². The summed E-state index contributed by atoms with van der Waals surface area (Å²) in [4.78, 5) is 25.9. The van der Waals surface area contributed by atoms with Crippen molar-refractivity contribution >= 4 is 17.5 Å². The number of nitrogens with one attached hydrogen (secondary N) is 1. The van der Waals surface area contributed by atoms with Crippen LogP contribution < -0.4 is 19.5 Å². The van der Waals surface area contributed by atoms with E-state index in [1.54, 1.807) is 57.6 Å². The quantitative estimate of drug-likeness (QED) is 0.809. The number of hydrogen-bond acceptors (Lipinski definition) is 5. The molecule has 0 fully saturated rings. The van der Waals surface area contributed by atoms with E-state index in [1.165, 1.54) is 12.0 Å². The van der Waals surface area contributed by atoms with Crippen LogP contribution in [0.25, 0.3) is 0 Å². The summed E-state index contributed by atoms with van der Waals surface area (Å²) in [7, 11) is 6.37. The number of carbonyl (C=O) groups excluding carboxylic acids is 2. The van der Waals surface area contributed by atoms with Crippen molar-refractivity contribution in [1.82, 2.24) is 4.90 Å². The van der Waals surface area contributed by atoms with Crippen LogP contribution >= 0.6 is 0 Å². The third-order valence-corrected chi connectivity index (χ3v) is 3.96. The van der Waals surface area contributed by atoms with E-state index in [-0.39, 0.29) is 18.4 Å². The van der Waals surface area contributed by atoms with Crippen molar-refractivity contribution in [2.75, 3.05) is 40.2 Å². The average Bonchev–Trinajstić information content (AvgIpc) is 2.67. The Balaban J connectivity index is 2.23. The van der Waals surface area contributed by atoms with E-state index >= 15 is 0 Å². The molecule has 0 saturated carbocycles. The maximum atomic E-state index is 12.8. The van der Waals surface area contributed by atoms with Crippen molar-refractivity contribution in [3.63, 3.8) is 0 Å². The van der Waals surface area contributed by atoms with E-state index in [0.717, 1.165) is 5.56 Å². The Labute approximate surface area is 158 Å². The fourth-order valence-electron chi connectivity index (χ4n) is 2.35. The molecule has 2 amide bonds. The number of ether oxygens (including phenoxy) is 3. The molecule has 0 aliphatic carbocycles. The molecule has 1 N–H and O–H groups in total. The molecular weight excluding hydrogens is 348 g/mol. The highest BCUT2D eigenvalue weighted by Gasteiger charge is 2.16. The highest BCUT2D eigenvalue weighted by atomic mass is 16.5.